The number of benzene rings is 1. The lowest BCUT2D eigenvalue weighted by atomic mass is 10.1. The minimum atomic E-state index is 0.715. The van der Waals surface area contributed by atoms with Crippen LogP contribution in [0.2, 0.25) is 0 Å². The lowest BCUT2D eigenvalue weighted by molar-refractivity contribution is 0.303. The highest BCUT2D eigenvalue weighted by Gasteiger charge is 2.04. The molecule has 0 atom stereocenters. The van der Waals surface area contributed by atoms with Crippen LogP contribution < -0.4 is 10.1 Å². The van der Waals surface area contributed by atoms with Crippen molar-refractivity contribution >= 4 is 0 Å². The van der Waals surface area contributed by atoms with Crippen LogP contribution in [0.1, 0.15) is 37.0 Å². The van der Waals surface area contributed by atoms with E-state index in [1.165, 1.54) is 16.7 Å². The van der Waals surface area contributed by atoms with Crippen LogP contribution in [0.15, 0.2) is 12.1 Å². The molecule has 1 aromatic carbocycles. The van der Waals surface area contributed by atoms with Gasteiger partial charge in [0.15, 0.2) is 0 Å². The van der Waals surface area contributed by atoms with Gasteiger partial charge in [-0.05, 0) is 57.3 Å². The quantitative estimate of drug-likeness (QED) is 0.745. The monoisotopic (exact) mass is 249 g/mol. The summed E-state index contributed by atoms with van der Waals surface area (Å²) >= 11 is 0. The molecule has 1 aromatic rings. The first-order chi connectivity index (χ1) is 8.50. The van der Waals surface area contributed by atoms with Crippen molar-refractivity contribution < 1.29 is 4.74 Å². The lowest BCUT2D eigenvalue weighted by Gasteiger charge is -2.13. The maximum atomic E-state index is 5.89. The van der Waals surface area contributed by atoms with E-state index >= 15 is 0 Å². The number of ether oxygens (including phenoxy) is 1. The van der Waals surface area contributed by atoms with Crippen molar-refractivity contribution in [2.75, 3.05) is 19.7 Å². The van der Waals surface area contributed by atoms with Crippen LogP contribution in [0.25, 0.3) is 0 Å². The molecule has 0 aliphatic rings. The summed E-state index contributed by atoms with van der Waals surface area (Å²) in [5, 5.41) is 3.43. The number of hydrogen-bond acceptors (Lipinski definition) is 2. The van der Waals surface area contributed by atoms with Gasteiger partial charge in [0.2, 0.25) is 0 Å². The molecule has 0 aliphatic heterocycles. The molecular weight excluding hydrogens is 222 g/mol. The molecular formula is C16H27NO. The summed E-state index contributed by atoms with van der Waals surface area (Å²) in [4.78, 5) is 0. The third kappa shape index (κ3) is 5.09. The smallest absolute Gasteiger partial charge is 0.125 e. The average Bonchev–Trinajstić information content (AvgIpc) is 2.25. The van der Waals surface area contributed by atoms with Crippen molar-refractivity contribution in [1.82, 2.24) is 5.32 Å². The molecule has 2 nitrogen and oxygen atoms in total. The van der Waals surface area contributed by atoms with E-state index in [0.29, 0.717) is 5.92 Å². The maximum Gasteiger partial charge on any atom is 0.125 e. The number of hydrogen-bond donors (Lipinski definition) is 1. The summed E-state index contributed by atoms with van der Waals surface area (Å²) in [5.74, 6) is 1.77. The number of nitrogens with one attached hydrogen (secondary N) is 1. The first-order valence-electron chi connectivity index (χ1n) is 6.92. The molecule has 0 bridgehead atoms. The fourth-order valence-corrected chi connectivity index (χ4v) is 2.16. The predicted octanol–water partition coefficient (Wildman–Crippen LogP) is 3.63. The number of rotatable bonds is 7. The summed E-state index contributed by atoms with van der Waals surface area (Å²) in [6.45, 7) is 13.7. The van der Waals surface area contributed by atoms with Gasteiger partial charge in [-0.2, -0.15) is 0 Å². The summed E-state index contributed by atoms with van der Waals surface area (Å²) < 4.78 is 5.89. The Morgan fingerprint density at radius 2 is 1.72 bits per heavy atom. The van der Waals surface area contributed by atoms with Crippen LogP contribution in [-0.4, -0.2) is 19.7 Å². The minimum Gasteiger partial charge on any atom is -0.493 e. The van der Waals surface area contributed by atoms with Gasteiger partial charge < -0.3 is 10.1 Å². The van der Waals surface area contributed by atoms with Gasteiger partial charge in [-0.3, -0.25) is 0 Å². The Balaban J connectivity index is 2.31. The van der Waals surface area contributed by atoms with Crippen molar-refractivity contribution in [2.24, 2.45) is 5.92 Å². The second kappa shape index (κ2) is 7.42. The molecule has 2 heteroatoms. The Morgan fingerprint density at radius 1 is 1.11 bits per heavy atom. The van der Waals surface area contributed by atoms with E-state index in [9.17, 15) is 0 Å². The van der Waals surface area contributed by atoms with Crippen LogP contribution in [0, 0.1) is 26.7 Å². The second-order valence-corrected chi connectivity index (χ2v) is 5.53. The van der Waals surface area contributed by atoms with Gasteiger partial charge in [-0.15, -0.1) is 0 Å². The lowest BCUT2D eigenvalue weighted by Crippen LogP contribution is -2.22. The molecule has 102 valence electrons. The first kappa shape index (κ1) is 15.0. The Labute approximate surface area is 112 Å². The van der Waals surface area contributed by atoms with E-state index in [-0.39, 0.29) is 0 Å². The Hall–Kier alpha value is -1.02. The highest BCUT2D eigenvalue weighted by Crippen LogP contribution is 2.24. The molecule has 0 amide bonds. The maximum absolute atomic E-state index is 5.89. The molecule has 0 spiro atoms. The van der Waals surface area contributed by atoms with Crippen molar-refractivity contribution in [3.05, 3.63) is 28.8 Å². The van der Waals surface area contributed by atoms with E-state index in [2.05, 4.69) is 52.1 Å². The highest BCUT2D eigenvalue weighted by atomic mass is 16.5. The third-order valence-electron chi connectivity index (χ3n) is 2.90. The SMILES string of the molecule is Cc1cc(C)c(OCCCNCC(C)C)c(C)c1. The van der Waals surface area contributed by atoms with Gasteiger partial charge in [-0.25, -0.2) is 0 Å². The Kier molecular flexibility index (Phi) is 6.20. The summed E-state index contributed by atoms with van der Waals surface area (Å²) in [5.41, 5.74) is 3.78. The molecule has 0 saturated carbocycles. The molecule has 0 unspecified atom stereocenters. The Bertz CT molecular complexity index is 348. The van der Waals surface area contributed by atoms with Crippen molar-refractivity contribution in [1.29, 1.82) is 0 Å². The van der Waals surface area contributed by atoms with Crippen LogP contribution in [0.4, 0.5) is 0 Å². The molecule has 0 saturated heterocycles. The molecule has 0 fully saturated rings. The highest BCUT2D eigenvalue weighted by molar-refractivity contribution is 5.42. The third-order valence-corrected chi connectivity index (χ3v) is 2.90. The standard InChI is InChI=1S/C16H27NO/c1-12(2)11-17-7-6-8-18-16-14(4)9-13(3)10-15(16)5/h9-10,12,17H,6-8,11H2,1-5H3. The fourth-order valence-electron chi connectivity index (χ4n) is 2.16. The van der Waals surface area contributed by atoms with Gasteiger partial charge in [0.05, 0.1) is 6.61 Å². The fraction of sp³-hybridized carbons (Fsp3) is 0.625. The van der Waals surface area contributed by atoms with Crippen molar-refractivity contribution in [3.8, 4) is 5.75 Å². The van der Waals surface area contributed by atoms with Crippen LogP contribution >= 0.6 is 0 Å². The summed E-state index contributed by atoms with van der Waals surface area (Å²) in [6, 6.07) is 4.36. The van der Waals surface area contributed by atoms with Gasteiger partial charge in [0.25, 0.3) is 0 Å². The minimum absolute atomic E-state index is 0.715. The van der Waals surface area contributed by atoms with Crippen LogP contribution in [0.3, 0.4) is 0 Å². The molecule has 0 radical (unpaired) electrons. The predicted molar refractivity (Wildman–Crippen MR) is 78.5 cm³/mol. The van der Waals surface area contributed by atoms with Crippen molar-refractivity contribution in [3.63, 3.8) is 0 Å². The topological polar surface area (TPSA) is 21.3 Å². The molecule has 0 aromatic heterocycles. The zero-order chi connectivity index (χ0) is 13.5. The van der Waals surface area contributed by atoms with Crippen LogP contribution in [-0.2, 0) is 0 Å². The van der Waals surface area contributed by atoms with Gasteiger partial charge in [-0.1, -0.05) is 31.5 Å². The molecule has 1 rings (SSSR count). The van der Waals surface area contributed by atoms with E-state index in [1.54, 1.807) is 0 Å². The molecule has 0 heterocycles. The van der Waals surface area contributed by atoms with Gasteiger partial charge >= 0.3 is 0 Å². The van der Waals surface area contributed by atoms with E-state index < -0.39 is 0 Å². The summed E-state index contributed by atoms with van der Waals surface area (Å²) in [6.07, 6.45) is 1.06. The van der Waals surface area contributed by atoms with E-state index in [1.807, 2.05) is 0 Å². The van der Waals surface area contributed by atoms with Crippen molar-refractivity contribution in [2.45, 2.75) is 41.0 Å². The molecule has 18 heavy (non-hydrogen) atoms. The van der Waals surface area contributed by atoms with E-state index in [4.69, 9.17) is 4.74 Å². The Morgan fingerprint density at radius 3 is 2.28 bits per heavy atom. The van der Waals surface area contributed by atoms with Gasteiger partial charge in [0, 0.05) is 0 Å². The molecule has 0 aliphatic carbocycles. The molecule has 1 N–H and O–H groups in total. The van der Waals surface area contributed by atoms with E-state index in [0.717, 1.165) is 31.9 Å². The van der Waals surface area contributed by atoms with Crippen LogP contribution in [0.5, 0.6) is 5.75 Å². The van der Waals surface area contributed by atoms with Gasteiger partial charge in [0.1, 0.15) is 5.75 Å². The summed E-state index contributed by atoms with van der Waals surface area (Å²) in [7, 11) is 0. The second-order valence-electron chi connectivity index (χ2n) is 5.53. The zero-order valence-electron chi connectivity index (χ0n) is 12.5. The first-order valence-corrected chi connectivity index (χ1v) is 6.92. The normalized spacial score (nSPS) is 11.0. The largest absolute Gasteiger partial charge is 0.493 e. The number of aryl methyl sites for hydroxylation is 3. The zero-order valence-corrected chi connectivity index (χ0v) is 12.5. The average molecular weight is 249 g/mol.